The van der Waals surface area contributed by atoms with Gasteiger partial charge in [0.15, 0.2) is 0 Å². The molecule has 0 aliphatic heterocycles. The Kier molecular flexibility index (Phi) is 5.27. The SMILES string of the molecule is Cc1cc(N(C)Cc2ccc(C(C)C)cc2)ccc1NC(=O)O. The van der Waals surface area contributed by atoms with Crippen molar-refractivity contribution in [3.05, 3.63) is 59.2 Å². The van der Waals surface area contributed by atoms with E-state index < -0.39 is 6.09 Å². The Morgan fingerprint density at radius 1 is 1.17 bits per heavy atom. The number of amides is 1. The molecule has 0 aliphatic rings. The van der Waals surface area contributed by atoms with E-state index in [1.165, 1.54) is 11.1 Å². The fourth-order valence-corrected chi connectivity index (χ4v) is 2.51. The smallest absolute Gasteiger partial charge is 0.409 e. The lowest BCUT2D eigenvalue weighted by molar-refractivity contribution is 0.209. The van der Waals surface area contributed by atoms with E-state index in [0.717, 1.165) is 17.8 Å². The number of carbonyl (C=O) groups is 1. The van der Waals surface area contributed by atoms with Gasteiger partial charge in [-0.05, 0) is 47.7 Å². The normalized spacial score (nSPS) is 10.7. The zero-order valence-corrected chi connectivity index (χ0v) is 14.1. The minimum atomic E-state index is -1.04. The van der Waals surface area contributed by atoms with E-state index in [4.69, 9.17) is 5.11 Å². The number of benzene rings is 2. The van der Waals surface area contributed by atoms with E-state index >= 15 is 0 Å². The first-order chi connectivity index (χ1) is 10.9. The molecule has 2 aromatic rings. The second-order valence-electron chi connectivity index (χ2n) is 6.18. The summed E-state index contributed by atoms with van der Waals surface area (Å²) in [6.07, 6.45) is -1.04. The molecule has 0 fully saturated rings. The van der Waals surface area contributed by atoms with Crippen LogP contribution in [0, 0.1) is 6.92 Å². The third-order valence-electron chi connectivity index (χ3n) is 3.96. The number of hydrogen-bond donors (Lipinski definition) is 2. The van der Waals surface area contributed by atoms with Gasteiger partial charge in [-0.3, -0.25) is 5.32 Å². The molecule has 23 heavy (non-hydrogen) atoms. The maximum Gasteiger partial charge on any atom is 0.409 e. The van der Waals surface area contributed by atoms with E-state index in [9.17, 15) is 4.79 Å². The lowest BCUT2D eigenvalue weighted by Gasteiger charge is -2.21. The van der Waals surface area contributed by atoms with Gasteiger partial charge in [-0.25, -0.2) is 4.79 Å². The maximum atomic E-state index is 10.7. The van der Waals surface area contributed by atoms with Gasteiger partial charge in [-0.2, -0.15) is 0 Å². The summed E-state index contributed by atoms with van der Waals surface area (Å²) in [6.45, 7) is 7.09. The Labute approximate surface area is 137 Å². The van der Waals surface area contributed by atoms with Crippen molar-refractivity contribution < 1.29 is 9.90 Å². The molecular formula is C19H24N2O2. The highest BCUT2D eigenvalue weighted by Gasteiger charge is 2.07. The Hall–Kier alpha value is -2.49. The lowest BCUT2D eigenvalue weighted by atomic mass is 10.0. The van der Waals surface area contributed by atoms with Gasteiger partial charge in [-0.15, -0.1) is 0 Å². The van der Waals surface area contributed by atoms with Crippen molar-refractivity contribution in [2.75, 3.05) is 17.3 Å². The van der Waals surface area contributed by atoms with E-state index in [1.807, 2.05) is 26.1 Å². The molecule has 0 saturated carbocycles. The molecule has 4 nitrogen and oxygen atoms in total. The molecular weight excluding hydrogens is 288 g/mol. The van der Waals surface area contributed by atoms with Crippen LogP contribution in [0.4, 0.5) is 16.2 Å². The predicted molar refractivity (Wildman–Crippen MR) is 95.5 cm³/mol. The van der Waals surface area contributed by atoms with Crippen molar-refractivity contribution in [1.29, 1.82) is 0 Å². The van der Waals surface area contributed by atoms with E-state index in [1.54, 1.807) is 6.07 Å². The third-order valence-corrected chi connectivity index (χ3v) is 3.96. The van der Waals surface area contributed by atoms with E-state index in [-0.39, 0.29) is 0 Å². The molecule has 0 radical (unpaired) electrons. The highest BCUT2D eigenvalue weighted by atomic mass is 16.4. The van der Waals surface area contributed by atoms with Crippen molar-refractivity contribution in [3.63, 3.8) is 0 Å². The van der Waals surface area contributed by atoms with Gasteiger partial charge in [0.25, 0.3) is 0 Å². The summed E-state index contributed by atoms with van der Waals surface area (Å²) in [4.78, 5) is 12.9. The van der Waals surface area contributed by atoms with Gasteiger partial charge in [0.2, 0.25) is 0 Å². The quantitative estimate of drug-likeness (QED) is 0.830. The van der Waals surface area contributed by atoms with Crippen LogP contribution in [0.15, 0.2) is 42.5 Å². The average Bonchev–Trinajstić information content (AvgIpc) is 2.49. The number of rotatable bonds is 5. The fourth-order valence-electron chi connectivity index (χ4n) is 2.51. The highest BCUT2D eigenvalue weighted by molar-refractivity contribution is 5.84. The van der Waals surface area contributed by atoms with Crippen LogP contribution in [0.25, 0.3) is 0 Å². The van der Waals surface area contributed by atoms with Crippen LogP contribution in [-0.4, -0.2) is 18.2 Å². The van der Waals surface area contributed by atoms with Crippen LogP contribution in [-0.2, 0) is 6.54 Å². The molecule has 0 aromatic heterocycles. The molecule has 2 aromatic carbocycles. The van der Waals surface area contributed by atoms with E-state index in [2.05, 4.69) is 48.3 Å². The monoisotopic (exact) mass is 312 g/mol. The highest BCUT2D eigenvalue weighted by Crippen LogP contribution is 2.23. The van der Waals surface area contributed by atoms with Gasteiger partial charge < -0.3 is 10.0 Å². The predicted octanol–water partition coefficient (Wildman–Crippen LogP) is 4.84. The van der Waals surface area contributed by atoms with Crippen LogP contribution in [0.1, 0.15) is 36.5 Å². The molecule has 2 rings (SSSR count). The minimum Gasteiger partial charge on any atom is -0.465 e. The molecule has 1 amide bonds. The molecule has 0 heterocycles. The van der Waals surface area contributed by atoms with Gasteiger partial charge in [-0.1, -0.05) is 38.1 Å². The van der Waals surface area contributed by atoms with Crippen molar-refractivity contribution in [2.45, 2.75) is 33.2 Å². The Balaban J connectivity index is 2.09. The van der Waals surface area contributed by atoms with Gasteiger partial charge >= 0.3 is 6.09 Å². The molecule has 0 unspecified atom stereocenters. The molecule has 0 saturated heterocycles. The zero-order valence-electron chi connectivity index (χ0n) is 14.1. The number of hydrogen-bond acceptors (Lipinski definition) is 2. The van der Waals surface area contributed by atoms with Crippen molar-refractivity contribution in [2.24, 2.45) is 0 Å². The molecule has 122 valence electrons. The van der Waals surface area contributed by atoms with Gasteiger partial charge in [0, 0.05) is 25.0 Å². The standard InChI is InChI=1S/C19H24N2O2/c1-13(2)16-7-5-15(6-8-16)12-21(4)17-9-10-18(14(3)11-17)20-19(22)23/h5-11,13,20H,12H2,1-4H3,(H,22,23). The summed E-state index contributed by atoms with van der Waals surface area (Å²) in [7, 11) is 2.04. The molecule has 0 atom stereocenters. The Morgan fingerprint density at radius 2 is 1.83 bits per heavy atom. The molecule has 0 aliphatic carbocycles. The minimum absolute atomic E-state index is 0.540. The first-order valence-electron chi connectivity index (χ1n) is 7.77. The maximum absolute atomic E-state index is 10.7. The topological polar surface area (TPSA) is 52.6 Å². The Morgan fingerprint density at radius 3 is 2.35 bits per heavy atom. The lowest BCUT2D eigenvalue weighted by Crippen LogP contribution is -2.17. The third kappa shape index (κ3) is 4.49. The number of nitrogens with one attached hydrogen (secondary N) is 1. The Bertz CT molecular complexity index is 678. The summed E-state index contributed by atoms with van der Waals surface area (Å²) in [5.74, 6) is 0.540. The number of aryl methyl sites for hydroxylation is 1. The second kappa shape index (κ2) is 7.18. The largest absolute Gasteiger partial charge is 0.465 e. The zero-order chi connectivity index (χ0) is 17.0. The second-order valence-corrected chi connectivity index (χ2v) is 6.18. The number of carboxylic acid groups (broad SMARTS) is 1. The molecule has 0 bridgehead atoms. The first-order valence-corrected chi connectivity index (χ1v) is 7.77. The first kappa shape index (κ1) is 16.9. The summed E-state index contributed by atoms with van der Waals surface area (Å²) in [5.41, 5.74) is 5.19. The summed E-state index contributed by atoms with van der Waals surface area (Å²) in [6, 6.07) is 14.4. The van der Waals surface area contributed by atoms with Crippen LogP contribution >= 0.6 is 0 Å². The summed E-state index contributed by atoms with van der Waals surface area (Å²) >= 11 is 0. The van der Waals surface area contributed by atoms with Crippen LogP contribution in [0.5, 0.6) is 0 Å². The van der Waals surface area contributed by atoms with Crippen LogP contribution < -0.4 is 10.2 Å². The number of anilines is 2. The summed E-state index contributed by atoms with van der Waals surface area (Å²) in [5, 5.41) is 11.2. The van der Waals surface area contributed by atoms with Crippen molar-refractivity contribution in [1.82, 2.24) is 0 Å². The molecule has 0 spiro atoms. The average molecular weight is 312 g/mol. The molecule has 2 N–H and O–H groups in total. The van der Waals surface area contributed by atoms with Crippen molar-refractivity contribution >= 4 is 17.5 Å². The van der Waals surface area contributed by atoms with Crippen LogP contribution in [0.2, 0.25) is 0 Å². The van der Waals surface area contributed by atoms with Crippen molar-refractivity contribution in [3.8, 4) is 0 Å². The molecule has 4 heteroatoms. The summed E-state index contributed by atoms with van der Waals surface area (Å²) < 4.78 is 0. The van der Waals surface area contributed by atoms with Gasteiger partial charge in [0.05, 0.1) is 0 Å². The number of nitrogens with zero attached hydrogens (tertiary/aromatic N) is 1. The van der Waals surface area contributed by atoms with E-state index in [0.29, 0.717) is 11.6 Å². The van der Waals surface area contributed by atoms with Gasteiger partial charge in [0.1, 0.15) is 0 Å². The van der Waals surface area contributed by atoms with Crippen LogP contribution in [0.3, 0.4) is 0 Å². The fraction of sp³-hybridized carbons (Fsp3) is 0.316.